The van der Waals surface area contributed by atoms with Gasteiger partial charge in [0.05, 0.1) is 11.0 Å². The predicted octanol–water partition coefficient (Wildman–Crippen LogP) is 1.50. The molecule has 0 fully saturated rings. The van der Waals surface area contributed by atoms with E-state index in [-0.39, 0.29) is 11.0 Å². The molecule has 6 heteroatoms. The van der Waals surface area contributed by atoms with Crippen LogP contribution in [0.1, 0.15) is 10.4 Å². The Morgan fingerprint density at radius 3 is 2.84 bits per heavy atom. The van der Waals surface area contributed by atoms with E-state index >= 15 is 0 Å². The lowest BCUT2D eigenvalue weighted by Crippen LogP contribution is -2.21. The summed E-state index contributed by atoms with van der Waals surface area (Å²) >= 11 is 0. The molecule has 0 unspecified atom stereocenters. The third kappa shape index (κ3) is 2.11. The molecule has 6 nitrogen and oxygen atoms in total. The number of imidazole rings is 1. The summed E-state index contributed by atoms with van der Waals surface area (Å²) in [6.07, 6.45) is 2.83. The Hall–Kier alpha value is -2.89. The van der Waals surface area contributed by atoms with Crippen LogP contribution in [0, 0.1) is 0 Å². The van der Waals surface area contributed by atoms with E-state index in [2.05, 4.69) is 20.3 Å². The normalized spacial score (nSPS) is 10.5. The fraction of sp³-hybridized carbons (Fsp3) is 0. The molecule has 0 atom stereocenters. The number of aromatic nitrogens is 3. The minimum Gasteiger partial charge on any atom is -0.367 e. The Labute approximate surface area is 107 Å². The van der Waals surface area contributed by atoms with Crippen molar-refractivity contribution < 1.29 is 4.79 Å². The van der Waals surface area contributed by atoms with Crippen LogP contribution in [-0.2, 0) is 0 Å². The topological polar surface area (TPSA) is 90.6 Å². The van der Waals surface area contributed by atoms with E-state index in [1.165, 1.54) is 18.5 Å². The first-order valence-electron chi connectivity index (χ1n) is 5.67. The first-order chi connectivity index (χ1) is 9.24. The number of amides is 1. The van der Waals surface area contributed by atoms with Crippen molar-refractivity contribution in [3.63, 3.8) is 0 Å². The zero-order valence-corrected chi connectivity index (χ0v) is 9.81. The van der Waals surface area contributed by atoms with Crippen molar-refractivity contribution in [2.75, 3.05) is 5.32 Å². The maximum absolute atomic E-state index is 11.9. The van der Waals surface area contributed by atoms with Gasteiger partial charge >= 0.3 is 0 Å². The van der Waals surface area contributed by atoms with Gasteiger partial charge in [0.15, 0.2) is 5.43 Å². The Kier molecular flexibility index (Phi) is 2.60. The molecule has 1 amide bonds. The fourth-order valence-electron chi connectivity index (χ4n) is 1.78. The van der Waals surface area contributed by atoms with Crippen molar-refractivity contribution in [2.24, 2.45) is 0 Å². The highest BCUT2D eigenvalue weighted by Gasteiger charge is 2.11. The molecule has 0 aliphatic rings. The first kappa shape index (κ1) is 11.2. The van der Waals surface area contributed by atoms with Gasteiger partial charge in [-0.25, -0.2) is 4.98 Å². The van der Waals surface area contributed by atoms with Gasteiger partial charge in [-0.15, -0.1) is 0 Å². The molecule has 0 aliphatic heterocycles. The standard InChI is InChI=1S/C13H10N4O2/c18-11-5-6-14-7-8(11)12(19)17-13-15-9-3-1-2-4-10(9)16-13/h1-7H,(H,14,18)(H2,15,16,17,19). The van der Waals surface area contributed by atoms with Gasteiger partial charge in [0, 0.05) is 18.5 Å². The second-order valence-electron chi connectivity index (χ2n) is 3.98. The maximum Gasteiger partial charge on any atom is 0.263 e. The Morgan fingerprint density at radius 2 is 2.05 bits per heavy atom. The second-order valence-corrected chi connectivity index (χ2v) is 3.98. The number of anilines is 1. The number of hydrogen-bond donors (Lipinski definition) is 3. The number of carbonyl (C=O) groups is 1. The zero-order valence-electron chi connectivity index (χ0n) is 9.81. The molecule has 0 spiro atoms. The molecule has 3 N–H and O–H groups in total. The van der Waals surface area contributed by atoms with Gasteiger partial charge in [0.2, 0.25) is 5.95 Å². The Balaban J connectivity index is 1.91. The number of aromatic amines is 2. The highest BCUT2D eigenvalue weighted by molar-refractivity contribution is 6.03. The van der Waals surface area contributed by atoms with E-state index in [4.69, 9.17) is 0 Å². The number of hydrogen-bond acceptors (Lipinski definition) is 3. The molecular formula is C13H10N4O2. The number of benzene rings is 1. The van der Waals surface area contributed by atoms with Crippen molar-refractivity contribution in [3.05, 3.63) is 58.5 Å². The zero-order chi connectivity index (χ0) is 13.2. The minimum absolute atomic E-state index is 0.0444. The summed E-state index contributed by atoms with van der Waals surface area (Å²) in [5, 5.41) is 2.56. The summed E-state index contributed by atoms with van der Waals surface area (Å²) in [6, 6.07) is 8.71. The number of para-hydroxylation sites is 2. The number of fused-ring (bicyclic) bond motifs is 1. The van der Waals surface area contributed by atoms with Gasteiger partial charge in [-0.3, -0.25) is 14.9 Å². The number of rotatable bonds is 2. The van der Waals surface area contributed by atoms with E-state index in [0.29, 0.717) is 5.95 Å². The van der Waals surface area contributed by atoms with Crippen LogP contribution in [0.5, 0.6) is 0 Å². The molecular weight excluding hydrogens is 244 g/mol. The largest absolute Gasteiger partial charge is 0.367 e. The monoisotopic (exact) mass is 254 g/mol. The van der Waals surface area contributed by atoms with Gasteiger partial charge in [-0.2, -0.15) is 0 Å². The van der Waals surface area contributed by atoms with Crippen molar-refractivity contribution in [2.45, 2.75) is 0 Å². The summed E-state index contributed by atoms with van der Waals surface area (Å²) in [4.78, 5) is 33.3. The van der Waals surface area contributed by atoms with Crippen molar-refractivity contribution in [1.82, 2.24) is 15.0 Å². The van der Waals surface area contributed by atoms with E-state index in [1.54, 1.807) is 0 Å². The fourth-order valence-corrected chi connectivity index (χ4v) is 1.78. The van der Waals surface area contributed by atoms with Crippen LogP contribution in [0.15, 0.2) is 47.5 Å². The first-order valence-corrected chi connectivity index (χ1v) is 5.67. The van der Waals surface area contributed by atoms with Gasteiger partial charge in [0.25, 0.3) is 5.91 Å². The van der Waals surface area contributed by atoms with Crippen LogP contribution in [0.25, 0.3) is 11.0 Å². The smallest absolute Gasteiger partial charge is 0.263 e. The van der Waals surface area contributed by atoms with Crippen molar-refractivity contribution in [1.29, 1.82) is 0 Å². The third-order valence-electron chi connectivity index (χ3n) is 2.69. The molecule has 0 radical (unpaired) electrons. The number of carbonyl (C=O) groups excluding carboxylic acids is 1. The summed E-state index contributed by atoms with van der Waals surface area (Å²) in [7, 11) is 0. The summed E-state index contributed by atoms with van der Waals surface area (Å²) in [5.74, 6) is -0.185. The molecule has 0 saturated carbocycles. The van der Waals surface area contributed by atoms with Gasteiger partial charge in [-0.1, -0.05) is 12.1 Å². The summed E-state index contributed by atoms with van der Waals surface area (Å²) in [6.45, 7) is 0. The highest BCUT2D eigenvalue weighted by Crippen LogP contribution is 2.13. The molecule has 94 valence electrons. The number of nitrogens with one attached hydrogen (secondary N) is 3. The highest BCUT2D eigenvalue weighted by atomic mass is 16.2. The van der Waals surface area contributed by atoms with Crippen LogP contribution >= 0.6 is 0 Å². The molecule has 1 aromatic carbocycles. The van der Waals surface area contributed by atoms with E-state index in [1.807, 2.05) is 24.3 Å². The van der Waals surface area contributed by atoms with Crippen LogP contribution in [0.3, 0.4) is 0 Å². The van der Waals surface area contributed by atoms with Gasteiger partial charge in [-0.05, 0) is 12.1 Å². The van der Waals surface area contributed by atoms with E-state index in [0.717, 1.165) is 11.0 Å². The van der Waals surface area contributed by atoms with Crippen molar-refractivity contribution >= 4 is 22.9 Å². The lowest BCUT2D eigenvalue weighted by molar-refractivity contribution is 0.102. The predicted molar refractivity (Wildman–Crippen MR) is 71.1 cm³/mol. The average molecular weight is 254 g/mol. The molecule has 3 rings (SSSR count). The summed E-state index contributed by atoms with van der Waals surface area (Å²) in [5.41, 5.74) is 1.27. The number of H-pyrrole nitrogens is 2. The lowest BCUT2D eigenvalue weighted by atomic mass is 10.2. The van der Waals surface area contributed by atoms with Gasteiger partial charge < -0.3 is 9.97 Å². The van der Waals surface area contributed by atoms with Crippen LogP contribution < -0.4 is 10.7 Å². The van der Waals surface area contributed by atoms with Crippen LogP contribution in [0.4, 0.5) is 5.95 Å². The average Bonchev–Trinajstić information content (AvgIpc) is 2.81. The molecule has 2 heterocycles. The summed E-state index contributed by atoms with van der Waals surface area (Å²) < 4.78 is 0. The molecule has 2 aromatic heterocycles. The number of pyridine rings is 1. The SMILES string of the molecule is O=C(Nc1nc2ccccc2[nH]1)c1c[nH]ccc1=O. The molecule has 19 heavy (non-hydrogen) atoms. The maximum atomic E-state index is 11.9. The van der Waals surface area contributed by atoms with Crippen molar-refractivity contribution in [3.8, 4) is 0 Å². The Bertz CT molecular complexity index is 770. The van der Waals surface area contributed by atoms with E-state index in [9.17, 15) is 9.59 Å². The Morgan fingerprint density at radius 1 is 1.21 bits per heavy atom. The van der Waals surface area contributed by atoms with Gasteiger partial charge in [0.1, 0.15) is 5.56 Å². The number of nitrogens with zero attached hydrogens (tertiary/aromatic N) is 1. The van der Waals surface area contributed by atoms with E-state index < -0.39 is 5.91 Å². The molecule has 0 saturated heterocycles. The molecule has 0 aliphatic carbocycles. The quantitative estimate of drug-likeness (QED) is 0.647. The third-order valence-corrected chi connectivity index (χ3v) is 2.69. The van der Waals surface area contributed by atoms with Crippen LogP contribution in [-0.4, -0.2) is 20.9 Å². The second kappa shape index (κ2) is 4.41. The van der Waals surface area contributed by atoms with Crippen LogP contribution in [0.2, 0.25) is 0 Å². The minimum atomic E-state index is -0.499. The molecule has 0 bridgehead atoms. The lowest BCUT2D eigenvalue weighted by Gasteiger charge is -1.99. The molecule has 3 aromatic rings.